The molecule has 148 valence electrons. The number of carbonyl (C=O) groups excluding carboxylic acids is 1. The number of hydrazine groups is 1. The number of rotatable bonds is 10. The van der Waals surface area contributed by atoms with Crippen molar-refractivity contribution < 1.29 is 19.4 Å². The topological polar surface area (TPSA) is 99.7 Å². The molecule has 0 saturated carbocycles. The smallest absolute Gasteiger partial charge is 0.333 e. The average molecular weight is 375 g/mol. The van der Waals surface area contributed by atoms with Crippen LogP contribution in [0.4, 0.5) is 10.5 Å². The molecule has 7 heteroatoms. The first kappa shape index (κ1) is 20.9. The number of hydrogen-bond donors (Lipinski definition) is 4. The number of amides is 2. The molecule has 1 aliphatic rings. The maximum Gasteiger partial charge on any atom is 0.333 e. The Hall–Kier alpha value is -2.38. The minimum Gasteiger partial charge on any atom is -0.481 e. The van der Waals surface area contributed by atoms with Crippen molar-refractivity contribution in [2.24, 2.45) is 11.8 Å². The Morgan fingerprint density at radius 2 is 2.00 bits per heavy atom. The van der Waals surface area contributed by atoms with Crippen LogP contribution < -0.4 is 16.2 Å². The highest BCUT2D eigenvalue weighted by atomic mass is 16.5. The van der Waals surface area contributed by atoms with Crippen LogP contribution in [-0.4, -0.2) is 36.9 Å². The van der Waals surface area contributed by atoms with Crippen molar-refractivity contribution in [3.63, 3.8) is 0 Å². The normalized spacial score (nSPS) is 19.7. The maximum atomic E-state index is 11.9. The third-order valence-electron chi connectivity index (χ3n) is 4.60. The van der Waals surface area contributed by atoms with Gasteiger partial charge in [-0.15, -0.1) is 0 Å². The van der Waals surface area contributed by atoms with Gasteiger partial charge in [-0.1, -0.05) is 30.4 Å². The zero-order chi connectivity index (χ0) is 19.3. The Kier molecular flexibility index (Phi) is 9.37. The fraction of sp³-hybridized carbons (Fsp3) is 0.500. The maximum absolute atomic E-state index is 11.9. The molecule has 4 N–H and O–H groups in total. The first-order valence-corrected chi connectivity index (χ1v) is 9.44. The Balaban J connectivity index is 1.66. The van der Waals surface area contributed by atoms with Crippen LogP contribution in [0.3, 0.4) is 0 Å². The SMILES string of the molecule is O=C(O)CCC/C=C\CC1COCCC1CNNC(=O)Nc1ccccc1. The van der Waals surface area contributed by atoms with E-state index in [0.717, 1.165) is 31.6 Å². The van der Waals surface area contributed by atoms with Crippen molar-refractivity contribution in [2.75, 3.05) is 25.1 Å². The van der Waals surface area contributed by atoms with E-state index in [9.17, 15) is 9.59 Å². The van der Waals surface area contributed by atoms with Crippen LogP contribution in [0.15, 0.2) is 42.5 Å². The number of unbranched alkanes of at least 4 members (excludes halogenated alkanes) is 1. The lowest BCUT2D eigenvalue weighted by molar-refractivity contribution is -0.137. The van der Waals surface area contributed by atoms with Gasteiger partial charge < -0.3 is 15.2 Å². The lowest BCUT2D eigenvalue weighted by atomic mass is 9.86. The van der Waals surface area contributed by atoms with Crippen LogP contribution in [0.5, 0.6) is 0 Å². The summed E-state index contributed by atoms with van der Waals surface area (Å²) in [7, 11) is 0. The summed E-state index contributed by atoms with van der Waals surface area (Å²) < 4.78 is 5.59. The van der Waals surface area contributed by atoms with Crippen LogP contribution in [0.2, 0.25) is 0 Å². The highest BCUT2D eigenvalue weighted by molar-refractivity contribution is 5.88. The number of aliphatic carboxylic acids is 1. The van der Waals surface area contributed by atoms with Crippen LogP contribution in [0.25, 0.3) is 0 Å². The summed E-state index contributed by atoms with van der Waals surface area (Å²) in [6.45, 7) is 2.13. The highest BCUT2D eigenvalue weighted by Gasteiger charge is 2.24. The zero-order valence-electron chi connectivity index (χ0n) is 15.5. The molecule has 1 saturated heterocycles. The molecular formula is C20H29N3O4. The average Bonchev–Trinajstić information content (AvgIpc) is 2.66. The van der Waals surface area contributed by atoms with Crippen molar-refractivity contribution in [1.82, 2.24) is 10.9 Å². The molecule has 0 bridgehead atoms. The zero-order valence-corrected chi connectivity index (χ0v) is 15.5. The Morgan fingerprint density at radius 3 is 2.78 bits per heavy atom. The van der Waals surface area contributed by atoms with E-state index in [1.165, 1.54) is 0 Å². The number of para-hydroxylation sites is 1. The Labute approximate surface area is 160 Å². The third-order valence-corrected chi connectivity index (χ3v) is 4.60. The summed E-state index contributed by atoms with van der Waals surface area (Å²) in [4.78, 5) is 22.4. The van der Waals surface area contributed by atoms with E-state index in [-0.39, 0.29) is 12.5 Å². The van der Waals surface area contributed by atoms with Gasteiger partial charge in [0.15, 0.2) is 0 Å². The van der Waals surface area contributed by atoms with Crippen LogP contribution >= 0.6 is 0 Å². The molecule has 0 radical (unpaired) electrons. The molecule has 2 rings (SSSR count). The molecule has 0 aromatic heterocycles. The lowest BCUT2D eigenvalue weighted by Gasteiger charge is -2.31. The Morgan fingerprint density at radius 1 is 1.19 bits per heavy atom. The van der Waals surface area contributed by atoms with Gasteiger partial charge in [0.05, 0.1) is 0 Å². The number of ether oxygens (including phenoxy) is 1. The molecule has 1 aromatic carbocycles. The summed E-state index contributed by atoms with van der Waals surface area (Å²) in [6, 6.07) is 9.00. The predicted molar refractivity (Wildman–Crippen MR) is 104 cm³/mol. The fourth-order valence-electron chi connectivity index (χ4n) is 3.08. The molecule has 1 aromatic rings. The van der Waals surface area contributed by atoms with Crippen LogP contribution in [-0.2, 0) is 9.53 Å². The van der Waals surface area contributed by atoms with Crippen molar-refractivity contribution in [3.8, 4) is 0 Å². The molecule has 1 fully saturated rings. The Bertz CT molecular complexity index is 607. The van der Waals surface area contributed by atoms with E-state index >= 15 is 0 Å². The number of carboxylic acid groups (broad SMARTS) is 1. The molecule has 2 amide bonds. The van der Waals surface area contributed by atoms with Crippen LogP contribution in [0.1, 0.15) is 32.1 Å². The molecule has 0 aliphatic carbocycles. The standard InChI is InChI=1S/C20H29N3O4/c24-19(25)11-7-2-1-4-8-17-15-27-13-12-16(17)14-21-23-20(26)22-18-9-5-3-6-10-18/h1,3-6,9-10,16-17,21H,2,7-8,11-15H2,(H,24,25)(H2,22,23,26)/b4-1-. The van der Waals surface area contributed by atoms with Gasteiger partial charge in [-0.25, -0.2) is 10.2 Å². The summed E-state index contributed by atoms with van der Waals surface area (Å²) in [5.74, 6) is 0.0550. The van der Waals surface area contributed by atoms with E-state index in [4.69, 9.17) is 9.84 Å². The van der Waals surface area contributed by atoms with Crippen molar-refractivity contribution in [2.45, 2.75) is 32.1 Å². The van der Waals surface area contributed by atoms with Crippen LogP contribution in [0, 0.1) is 11.8 Å². The molecule has 0 spiro atoms. The summed E-state index contributed by atoms with van der Waals surface area (Å²) in [5.41, 5.74) is 6.44. The van der Waals surface area contributed by atoms with Gasteiger partial charge in [-0.2, -0.15) is 0 Å². The quantitative estimate of drug-likeness (QED) is 0.286. The fourth-order valence-corrected chi connectivity index (χ4v) is 3.08. The molecule has 2 atom stereocenters. The van der Waals surface area contributed by atoms with Gasteiger partial charge in [0.25, 0.3) is 0 Å². The first-order chi connectivity index (χ1) is 13.1. The van der Waals surface area contributed by atoms with Gasteiger partial charge in [-0.3, -0.25) is 10.2 Å². The van der Waals surface area contributed by atoms with E-state index in [1.54, 1.807) is 0 Å². The van der Waals surface area contributed by atoms with Gasteiger partial charge in [0.2, 0.25) is 0 Å². The predicted octanol–water partition coefficient (Wildman–Crippen LogP) is 3.17. The number of carbonyl (C=O) groups is 2. The number of urea groups is 1. The lowest BCUT2D eigenvalue weighted by Crippen LogP contribution is -2.45. The van der Waals surface area contributed by atoms with E-state index in [0.29, 0.717) is 31.4 Å². The molecule has 27 heavy (non-hydrogen) atoms. The summed E-state index contributed by atoms with van der Waals surface area (Å²) >= 11 is 0. The molecule has 1 aliphatic heterocycles. The highest BCUT2D eigenvalue weighted by Crippen LogP contribution is 2.24. The van der Waals surface area contributed by atoms with E-state index in [1.807, 2.05) is 36.4 Å². The second kappa shape index (κ2) is 12.1. The molecular weight excluding hydrogens is 346 g/mol. The summed E-state index contributed by atoms with van der Waals surface area (Å²) in [5, 5.41) is 11.4. The van der Waals surface area contributed by atoms with Crippen molar-refractivity contribution >= 4 is 17.7 Å². The van der Waals surface area contributed by atoms with Gasteiger partial charge in [-0.05, 0) is 49.7 Å². The second-order valence-corrected chi connectivity index (χ2v) is 6.70. The molecule has 2 unspecified atom stereocenters. The van der Waals surface area contributed by atoms with Crippen molar-refractivity contribution in [3.05, 3.63) is 42.5 Å². The van der Waals surface area contributed by atoms with Gasteiger partial charge in [0, 0.05) is 31.9 Å². The minimum atomic E-state index is -0.751. The number of anilines is 1. The molecule has 1 heterocycles. The minimum absolute atomic E-state index is 0.208. The number of nitrogens with one attached hydrogen (secondary N) is 3. The number of benzene rings is 1. The monoisotopic (exact) mass is 375 g/mol. The van der Waals surface area contributed by atoms with Crippen molar-refractivity contribution in [1.29, 1.82) is 0 Å². The number of hydrogen-bond acceptors (Lipinski definition) is 4. The second-order valence-electron chi connectivity index (χ2n) is 6.70. The molecule has 7 nitrogen and oxygen atoms in total. The largest absolute Gasteiger partial charge is 0.481 e. The third kappa shape index (κ3) is 8.70. The van der Waals surface area contributed by atoms with Gasteiger partial charge in [0.1, 0.15) is 0 Å². The first-order valence-electron chi connectivity index (χ1n) is 9.44. The van der Waals surface area contributed by atoms with Gasteiger partial charge >= 0.3 is 12.0 Å². The summed E-state index contributed by atoms with van der Waals surface area (Å²) in [6.07, 6.45) is 7.67. The van der Waals surface area contributed by atoms with E-state index in [2.05, 4.69) is 22.2 Å². The van der Waals surface area contributed by atoms with E-state index < -0.39 is 5.97 Å². The number of allylic oxidation sites excluding steroid dienone is 2. The number of carboxylic acids is 1.